The molecule has 0 aliphatic rings. The molecule has 0 atom stereocenters. The Morgan fingerprint density at radius 3 is 1.17 bits per heavy atom. The van der Waals surface area contributed by atoms with Crippen LogP contribution < -0.4 is 0 Å². The van der Waals surface area contributed by atoms with Crippen LogP contribution in [0.3, 0.4) is 0 Å². The molecule has 11 heteroatoms. The number of rotatable bonds is 13. The van der Waals surface area contributed by atoms with Crippen LogP contribution >= 0.6 is 0 Å². The second-order valence-corrected chi connectivity index (χ2v) is 4.77. The van der Waals surface area contributed by atoms with Crippen molar-refractivity contribution in [3.05, 3.63) is 0 Å². The van der Waals surface area contributed by atoms with Gasteiger partial charge < -0.3 is 25.2 Å². The van der Waals surface area contributed by atoms with Gasteiger partial charge in [0, 0.05) is 20.2 Å². The zero-order valence-corrected chi connectivity index (χ0v) is 12.5. The van der Waals surface area contributed by atoms with Crippen LogP contribution in [0.2, 0.25) is 0 Å². The second kappa shape index (κ2) is 10.5. The number of ether oxygens (including phenoxy) is 1. The Hall–Kier alpha value is -2.24. The maximum atomic E-state index is 10.7. The van der Waals surface area contributed by atoms with Crippen molar-refractivity contribution in [1.82, 2.24) is 9.80 Å². The molecule has 23 heavy (non-hydrogen) atoms. The minimum Gasteiger partial charge on any atom is -0.480 e. The van der Waals surface area contributed by atoms with Gasteiger partial charge in [0.15, 0.2) is 0 Å². The van der Waals surface area contributed by atoms with Crippen molar-refractivity contribution < 1.29 is 44.3 Å². The smallest absolute Gasteiger partial charge is 0.317 e. The fourth-order valence-electron chi connectivity index (χ4n) is 1.92. The molecule has 0 spiro atoms. The highest BCUT2D eigenvalue weighted by molar-refractivity contribution is 5.73. The molecule has 0 saturated heterocycles. The van der Waals surface area contributed by atoms with Gasteiger partial charge in [-0.25, -0.2) is 0 Å². The molecule has 0 amide bonds. The second-order valence-electron chi connectivity index (χ2n) is 4.77. The molecule has 0 radical (unpaired) electrons. The van der Waals surface area contributed by atoms with E-state index in [1.807, 2.05) is 0 Å². The van der Waals surface area contributed by atoms with Crippen LogP contribution in [-0.4, -0.2) is 107 Å². The Morgan fingerprint density at radius 1 is 0.739 bits per heavy atom. The van der Waals surface area contributed by atoms with E-state index in [2.05, 4.69) is 0 Å². The number of nitrogens with zero attached hydrogens (tertiary/aromatic N) is 2. The van der Waals surface area contributed by atoms with Crippen molar-refractivity contribution in [2.75, 3.05) is 46.4 Å². The van der Waals surface area contributed by atoms with Crippen LogP contribution in [0.5, 0.6) is 0 Å². The summed E-state index contributed by atoms with van der Waals surface area (Å²) in [4.78, 5) is 45.1. The SMILES string of the molecule is COC(CN(CC(=O)O)CC(=O)O)CN(CC(=O)O)CC(=O)O. The normalized spacial score (nSPS) is 11.1. The first-order chi connectivity index (χ1) is 10.6. The molecule has 0 heterocycles. The largest absolute Gasteiger partial charge is 0.480 e. The highest BCUT2D eigenvalue weighted by Gasteiger charge is 2.23. The van der Waals surface area contributed by atoms with Crippen molar-refractivity contribution in [1.29, 1.82) is 0 Å². The molecule has 0 saturated carbocycles. The van der Waals surface area contributed by atoms with Gasteiger partial charge in [-0.2, -0.15) is 0 Å². The predicted molar refractivity (Wildman–Crippen MR) is 74.2 cm³/mol. The van der Waals surface area contributed by atoms with E-state index in [0.29, 0.717) is 0 Å². The summed E-state index contributed by atoms with van der Waals surface area (Å²) in [6, 6.07) is 0. The summed E-state index contributed by atoms with van der Waals surface area (Å²) in [5.41, 5.74) is 0. The topological polar surface area (TPSA) is 165 Å². The zero-order chi connectivity index (χ0) is 18.0. The Kier molecular flexibility index (Phi) is 9.46. The molecule has 0 aromatic rings. The van der Waals surface area contributed by atoms with Crippen molar-refractivity contribution in [3.63, 3.8) is 0 Å². The standard InChI is InChI=1S/C12H20N2O9/c1-23-8(2-13(4-9(15)16)5-10(17)18)3-14(6-11(19)20)7-12(21)22/h8H,2-7H2,1H3,(H,15,16)(H,17,18)(H,19,20)(H,21,22). The summed E-state index contributed by atoms with van der Waals surface area (Å²) in [6.45, 7) is -2.36. The fraction of sp³-hybridized carbons (Fsp3) is 0.667. The van der Waals surface area contributed by atoms with Crippen LogP contribution in [0.1, 0.15) is 0 Å². The summed E-state index contributed by atoms with van der Waals surface area (Å²) < 4.78 is 5.08. The number of carboxylic acids is 4. The van der Waals surface area contributed by atoms with Gasteiger partial charge in [0.2, 0.25) is 0 Å². The maximum absolute atomic E-state index is 10.7. The van der Waals surface area contributed by atoms with Crippen molar-refractivity contribution >= 4 is 23.9 Å². The Labute approximate surface area is 131 Å². The monoisotopic (exact) mass is 336 g/mol. The van der Waals surface area contributed by atoms with E-state index < -0.39 is 56.2 Å². The summed E-state index contributed by atoms with van der Waals surface area (Å²) in [6.07, 6.45) is -0.757. The van der Waals surface area contributed by atoms with Gasteiger partial charge in [0.05, 0.1) is 32.3 Å². The first-order valence-corrected chi connectivity index (χ1v) is 6.48. The third-order valence-corrected chi connectivity index (χ3v) is 2.69. The van der Waals surface area contributed by atoms with Crippen LogP contribution in [-0.2, 0) is 23.9 Å². The van der Waals surface area contributed by atoms with Gasteiger partial charge in [-0.3, -0.25) is 29.0 Å². The summed E-state index contributed by atoms with van der Waals surface area (Å²) >= 11 is 0. The first kappa shape index (κ1) is 20.8. The van der Waals surface area contributed by atoms with E-state index in [-0.39, 0.29) is 13.1 Å². The number of hydrogen-bond acceptors (Lipinski definition) is 7. The van der Waals surface area contributed by atoms with E-state index in [4.69, 9.17) is 25.2 Å². The van der Waals surface area contributed by atoms with Crippen LogP contribution in [0.15, 0.2) is 0 Å². The van der Waals surface area contributed by atoms with Gasteiger partial charge in [-0.05, 0) is 0 Å². The number of methoxy groups -OCH3 is 1. The highest BCUT2D eigenvalue weighted by atomic mass is 16.5. The Morgan fingerprint density at radius 2 is 1.00 bits per heavy atom. The Balaban J connectivity index is 4.84. The summed E-state index contributed by atoms with van der Waals surface area (Å²) in [5.74, 6) is -4.91. The molecule has 0 rings (SSSR count). The van der Waals surface area contributed by atoms with E-state index in [1.54, 1.807) is 0 Å². The average Bonchev–Trinajstić information content (AvgIpc) is 2.34. The molecule has 132 valence electrons. The first-order valence-electron chi connectivity index (χ1n) is 6.48. The van der Waals surface area contributed by atoms with Crippen LogP contribution in [0.4, 0.5) is 0 Å². The van der Waals surface area contributed by atoms with E-state index in [9.17, 15) is 19.2 Å². The molecule has 11 nitrogen and oxygen atoms in total. The molecule has 0 aromatic carbocycles. The van der Waals surface area contributed by atoms with Crippen molar-refractivity contribution in [3.8, 4) is 0 Å². The minimum absolute atomic E-state index is 0.106. The van der Waals surface area contributed by atoms with Gasteiger partial charge in [-0.1, -0.05) is 0 Å². The molecule has 4 N–H and O–H groups in total. The van der Waals surface area contributed by atoms with Crippen molar-refractivity contribution in [2.45, 2.75) is 6.10 Å². The summed E-state index contributed by atoms with van der Waals surface area (Å²) in [5, 5.41) is 35.0. The fourth-order valence-corrected chi connectivity index (χ4v) is 1.92. The molecular weight excluding hydrogens is 316 g/mol. The van der Waals surface area contributed by atoms with E-state index in [1.165, 1.54) is 7.11 Å². The molecule has 0 fully saturated rings. The lowest BCUT2D eigenvalue weighted by atomic mass is 10.2. The van der Waals surface area contributed by atoms with Gasteiger partial charge in [0.25, 0.3) is 0 Å². The predicted octanol–water partition coefficient (Wildman–Crippen LogP) is -2.06. The lowest BCUT2D eigenvalue weighted by Gasteiger charge is -2.28. The third-order valence-electron chi connectivity index (χ3n) is 2.69. The summed E-state index contributed by atoms with van der Waals surface area (Å²) in [7, 11) is 1.28. The molecule has 0 aromatic heterocycles. The van der Waals surface area contributed by atoms with Gasteiger partial charge in [-0.15, -0.1) is 0 Å². The number of carboxylic acid groups (broad SMARTS) is 4. The number of hydrogen-bond donors (Lipinski definition) is 4. The molecule has 0 unspecified atom stereocenters. The minimum atomic E-state index is -1.23. The van der Waals surface area contributed by atoms with Crippen LogP contribution in [0, 0.1) is 0 Å². The number of carbonyl (C=O) groups is 4. The molecule has 0 bridgehead atoms. The van der Waals surface area contributed by atoms with E-state index >= 15 is 0 Å². The van der Waals surface area contributed by atoms with Gasteiger partial charge >= 0.3 is 23.9 Å². The maximum Gasteiger partial charge on any atom is 0.317 e. The van der Waals surface area contributed by atoms with Gasteiger partial charge in [0.1, 0.15) is 0 Å². The van der Waals surface area contributed by atoms with Crippen molar-refractivity contribution in [2.24, 2.45) is 0 Å². The average molecular weight is 336 g/mol. The Bertz CT molecular complexity index is 370. The zero-order valence-electron chi connectivity index (χ0n) is 12.5. The quantitative estimate of drug-likeness (QED) is 0.292. The third kappa shape index (κ3) is 11.0. The number of aliphatic carboxylic acids is 4. The lowest BCUT2D eigenvalue weighted by molar-refractivity contribution is -0.143. The van der Waals surface area contributed by atoms with Crippen LogP contribution in [0.25, 0.3) is 0 Å². The molecule has 0 aliphatic heterocycles. The van der Waals surface area contributed by atoms with E-state index in [0.717, 1.165) is 9.80 Å². The highest BCUT2D eigenvalue weighted by Crippen LogP contribution is 2.01. The molecular formula is C12H20N2O9. The molecule has 0 aliphatic carbocycles. The lowest BCUT2D eigenvalue weighted by Crippen LogP contribution is -2.46.